The third-order valence-corrected chi connectivity index (χ3v) is 5.99. The van der Waals surface area contributed by atoms with Gasteiger partial charge in [-0.1, -0.05) is 60.7 Å². The van der Waals surface area contributed by atoms with Crippen molar-refractivity contribution in [3.8, 4) is 22.4 Å². The van der Waals surface area contributed by atoms with Gasteiger partial charge in [-0.2, -0.15) is 0 Å². The number of hydrogen-bond acceptors (Lipinski definition) is 4. The molecule has 0 amide bonds. The summed E-state index contributed by atoms with van der Waals surface area (Å²) in [7, 11) is 0. The molecule has 5 rings (SSSR count). The highest BCUT2D eigenvalue weighted by molar-refractivity contribution is 7.18. The van der Waals surface area contributed by atoms with Gasteiger partial charge in [-0.05, 0) is 11.1 Å². The summed E-state index contributed by atoms with van der Waals surface area (Å²) in [5.41, 5.74) is 4.83. The number of benzene rings is 2. The predicted molar refractivity (Wildman–Crippen MR) is 105 cm³/mol. The lowest BCUT2D eigenvalue weighted by Gasteiger charge is -2.05. The fourth-order valence-electron chi connectivity index (χ4n) is 3.10. The van der Waals surface area contributed by atoms with E-state index < -0.39 is 0 Å². The summed E-state index contributed by atoms with van der Waals surface area (Å²) in [5.74, 6) is 0. The van der Waals surface area contributed by atoms with Crippen molar-refractivity contribution in [2.45, 2.75) is 0 Å². The largest absolute Gasteiger partial charge is 0.283 e. The molecule has 120 valence electrons. The van der Waals surface area contributed by atoms with E-state index in [0.29, 0.717) is 5.49 Å². The Bertz CT molecular complexity index is 1150. The second kappa shape index (κ2) is 5.65. The Morgan fingerprint density at radius 2 is 1.48 bits per heavy atom. The lowest BCUT2D eigenvalue weighted by atomic mass is 10.1. The first-order chi connectivity index (χ1) is 12.3. The van der Waals surface area contributed by atoms with Crippen LogP contribution in [-0.2, 0) is 0 Å². The normalized spacial score (nSPS) is 11.4. The summed E-state index contributed by atoms with van der Waals surface area (Å²) >= 11 is 3.19. The average Bonchev–Trinajstić information content (AvgIpc) is 3.28. The fraction of sp³-hybridized carbons (Fsp3) is 0. The number of thiophene rings is 1. The second-order valence-corrected chi connectivity index (χ2v) is 7.46. The number of hydrogen-bond donors (Lipinski definition) is 1. The minimum Gasteiger partial charge on any atom is -0.283 e. The van der Waals surface area contributed by atoms with Crippen molar-refractivity contribution in [1.29, 1.82) is 5.41 Å². The molecular weight excluding hydrogens is 346 g/mol. The monoisotopic (exact) mass is 359 g/mol. The summed E-state index contributed by atoms with van der Waals surface area (Å²) in [4.78, 5) is 6.59. The molecule has 1 N–H and O–H groups in total. The van der Waals surface area contributed by atoms with E-state index in [4.69, 9.17) is 10.4 Å². The Hall–Kier alpha value is -2.76. The number of thiazole rings is 1. The molecule has 0 saturated heterocycles. The number of fused-ring (bicyclic) bond motifs is 2. The highest BCUT2D eigenvalue weighted by Gasteiger charge is 2.15. The van der Waals surface area contributed by atoms with Crippen molar-refractivity contribution in [2.24, 2.45) is 0 Å². The van der Waals surface area contributed by atoms with Crippen LogP contribution in [0.5, 0.6) is 0 Å². The number of aromatic nitrogens is 2. The van der Waals surface area contributed by atoms with E-state index in [1.165, 1.54) is 0 Å². The van der Waals surface area contributed by atoms with Gasteiger partial charge in [-0.3, -0.25) is 9.81 Å². The quantitative estimate of drug-likeness (QED) is 0.449. The van der Waals surface area contributed by atoms with Gasteiger partial charge in [0.15, 0.2) is 4.96 Å². The molecule has 0 saturated carbocycles. The van der Waals surface area contributed by atoms with Crippen LogP contribution in [0, 0.1) is 5.41 Å². The van der Waals surface area contributed by atoms with Crippen molar-refractivity contribution in [3.63, 3.8) is 0 Å². The maximum atomic E-state index is 8.88. The molecule has 0 fully saturated rings. The molecule has 2 aromatic carbocycles. The van der Waals surface area contributed by atoms with Crippen molar-refractivity contribution in [3.05, 3.63) is 76.9 Å². The maximum absolute atomic E-state index is 8.88. The fourth-order valence-corrected chi connectivity index (χ4v) is 5.01. The van der Waals surface area contributed by atoms with E-state index in [2.05, 4.69) is 35.0 Å². The minimum atomic E-state index is 0.500. The highest BCUT2D eigenvalue weighted by atomic mass is 32.1. The molecular formula is C20H13N3S2. The molecule has 0 unspecified atom stereocenters. The first-order valence-electron chi connectivity index (χ1n) is 7.90. The molecule has 3 heterocycles. The average molecular weight is 359 g/mol. The van der Waals surface area contributed by atoms with Crippen LogP contribution < -0.4 is 5.49 Å². The van der Waals surface area contributed by atoms with Crippen LogP contribution in [0.2, 0.25) is 0 Å². The zero-order chi connectivity index (χ0) is 16.8. The van der Waals surface area contributed by atoms with Gasteiger partial charge in [-0.25, -0.2) is 4.98 Å². The van der Waals surface area contributed by atoms with Gasteiger partial charge in [0.25, 0.3) is 0 Å². The number of nitrogens with one attached hydrogen (secondary N) is 1. The number of rotatable bonds is 2. The van der Waals surface area contributed by atoms with Crippen LogP contribution in [0.1, 0.15) is 0 Å². The number of nitrogens with zero attached hydrogens (tertiary/aromatic N) is 2. The summed E-state index contributed by atoms with van der Waals surface area (Å²) in [5, 5.41) is 14.0. The molecule has 3 nitrogen and oxygen atoms in total. The molecule has 0 aliphatic carbocycles. The van der Waals surface area contributed by atoms with Crippen LogP contribution >= 0.6 is 22.7 Å². The van der Waals surface area contributed by atoms with Crippen LogP contribution in [0.4, 0.5) is 0 Å². The van der Waals surface area contributed by atoms with Crippen LogP contribution in [0.3, 0.4) is 0 Å². The smallest absolute Gasteiger partial charge is 0.197 e. The van der Waals surface area contributed by atoms with Gasteiger partial charge in [0.05, 0.1) is 11.1 Å². The SMILES string of the molecule is N=c1c2c(-c3ccccc3)csc2nc2scc(-c3ccccc3)n12. The third kappa shape index (κ3) is 2.24. The standard InChI is InChI=1S/C20H13N3S2/c21-18-17-15(13-7-3-1-4-8-13)11-24-19(17)22-20-23(18)16(12-25-20)14-9-5-2-6-10-14/h1-12,21H. The van der Waals surface area contributed by atoms with Gasteiger partial charge >= 0.3 is 0 Å². The Balaban J connectivity index is 1.87. The Morgan fingerprint density at radius 1 is 0.800 bits per heavy atom. The van der Waals surface area contributed by atoms with Crippen molar-refractivity contribution >= 4 is 37.9 Å². The van der Waals surface area contributed by atoms with Crippen molar-refractivity contribution < 1.29 is 0 Å². The lowest BCUT2D eigenvalue weighted by molar-refractivity contribution is 1.03. The summed E-state index contributed by atoms with van der Waals surface area (Å²) in [6.07, 6.45) is 0. The van der Waals surface area contributed by atoms with Gasteiger partial charge in [0.1, 0.15) is 10.3 Å². The molecule has 3 aromatic heterocycles. The van der Waals surface area contributed by atoms with Crippen molar-refractivity contribution in [2.75, 3.05) is 0 Å². The zero-order valence-electron chi connectivity index (χ0n) is 13.1. The maximum Gasteiger partial charge on any atom is 0.197 e. The van der Waals surface area contributed by atoms with Gasteiger partial charge in [0.2, 0.25) is 0 Å². The van der Waals surface area contributed by atoms with E-state index in [-0.39, 0.29) is 0 Å². The van der Waals surface area contributed by atoms with Crippen LogP contribution in [0.25, 0.3) is 37.6 Å². The lowest BCUT2D eigenvalue weighted by Crippen LogP contribution is -2.14. The predicted octanol–water partition coefficient (Wildman–Crippen LogP) is 5.42. The van der Waals surface area contributed by atoms with Crippen LogP contribution in [-0.4, -0.2) is 9.38 Å². The van der Waals surface area contributed by atoms with Gasteiger partial charge in [0, 0.05) is 16.3 Å². The molecule has 5 heteroatoms. The molecule has 0 radical (unpaired) electrons. The second-order valence-electron chi connectivity index (χ2n) is 5.76. The minimum absolute atomic E-state index is 0.500. The Labute approximate surface area is 152 Å². The third-order valence-electron chi connectivity index (χ3n) is 4.29. The molecule has 0 bridgehead atoms. The van der Waals surface area contributed by atoms with E-state index in [1.807, 2.05) is 40.8 Å². The first kappa shape index (κ1) is 14.6. The summed E-state index contributed by atoms with van der Waals surface area (Å²) in [6, 6.07) is 20.4. The van der Waals surface area contributed by atoms with Gasteiger partial charge in [-0.15, -0.1) is 22.7 Å². The van der Waals surface area contributed by atoms with Crippen molar-refractivity contribution in [1.82, 2.24) is 9.38 Å². The van der Waals surface area contributed by atoms with Gasteiger partial charge < -0.3 is 0 Å². The molecule has 0 aliphatic rings. The molecule has 0 aliphatic heterocycles. The summed E-state index contributed by atoms with van der Waals surface area (Å²) < 4.78 is 1.96. The van der Waals surface area contributed by atoms with E-state index in [0.717, 1.165) is 37.6 Å². The van der Waals surface area contributed by atoms with Crippen LogP contribution in [0.15, 0.2) is 71.4 Å². The summed E-state index contributed by atoms with van der Waals surface area (Å²) in [6.45, 7) is 0. The zero-order valence-corrected chi connectivity index (χ0v) is 14.8. The van der Waals surface area contributed by atoms with E-state index in [1.54, 1.807) is 22.7 Å². The van der Waals surface area contributed by atoms with E-state index in [9.17, 15) is 0 Å². The van der Waals surface area contributed by atoms with E-state index >= 15 is 0 Å². The molecule has 25 heavy (non-hydrogen) atoms. The molecule has 5 aromatic rings. The first-order valence-corrected chi connectivity index (χ1v) is 9.66. The molecule has 0 spiro atoms. The highest BCUT2D eigenvalue weighted by Crippen LogP contribution is 2.33. The molecule has 0 atom stereocenters. The topological polar surface area (TPSA) is 41.2 Å². The Kier molecular flexibility index (Phi) is 3.29. The Morgan fingerprint density at radius 3 is 2.20 bits per heavy atom.